The van der Waals surface area contributed by atoms with Crippen molar-refractivity contribution in [2.24, 2.45) is 16.5 Å². The Balaban J connectivity index is 2.50. The van der Waals surface area contributed by atoms with Crippen LogP contribution < -0.4 is 15.7 Å². The lowest BCUT2D eigenvalue weighted by molar-refractivity contribution is 0.492. The van der Waals surface area contributed by atoms with Crippen LogP contribution in [-0.4, -0.2) is 27.2 Å². The third-order valence-electron chi connectivity index (χ3n) is 2.78. The van der Waals surface area contributed by atoms with E-state index in [0.717, 1.165) is 43.1 Å². The summed E-state index contributed by atoms with van der Waals surface area (Å²) in [7, 11) is -3.49. The van der Waals surface area contributed by atoms with Crippen LogP contribution in [-0.2, 0) is 16.5 Å². The smallest absolute Gasteiger partial charge is 0.306 e. The molecule has 0 unspecified atom stereocenters. The van der Waals surface area contributed by atoms with Gasteiger partial charge >= 0.3 is 10.1 Å². The van der Waals surface area contributed by atoms with Crippen molar-refractivity contribution in [1.82, 2.24) is 0 Å². The van der Waals surface area contributed by atoms with E-state index in [-0.39, 0.29) is 5.96 Å². The van der Waals surface area contributed by atoms with E-state index >= 15 is 0 Å². The summed E-state index contributed by atoms with van der Waals surface area (Å²) < 4.78 is 27.2. The van der Waals surface area contributed by atoms with Crippen LogP contribution in [0.25, 0.3) is 0 Å². The molecule has 1 aromatic rings. The second-order valence-corrected chi connectivity index (χ2v) is 6.63. The Morgan fingerprint density at radius 2 is 1.90 bits per heavy atom. The Hall–Kier alpha value is -1.76. The summed E-state index contributed by atoms with van der Waals surface area (Å²) >= 11 is 0. The number of nitrogens with two attached hydrogens (primary N) is 2. The van der Waals surface area contributed by atoms with Crippen molar-refractivity contribution in [2.75, 3.05) is 12.8 Å². The van der Waals surface area contributed by atoms with Crippen LogP contribution in [0.3, 0.4) is 0 Å². The van der Waals surface area contributed by atoms with Gasteiger partial charge in [-0.2, -0.15) is 8.42 Å². The number of hydrogen-bond donors (Lipinski definition) is 2. The van der Waals surface area contributed by atoms with Gasteiger partial charge in [0.05, 0.1) is 6.26 Å². The highest BCUT2D eigenvalue weighted by Crippen LogP contribution is 2.20. The molecule has 7 heteroatoms. The number of benzene rings is 1. The first-order valence-electron chi connectivity index (χ1n) is 6.82. The quantitative estimate of drug-likeness (QED) is 0.326. The third kappa shape index (κ3) is 8.19. The zero-order chi connectivity index (χ0) is 15.9. The van der Waals surface area contributed by atoms with Crippen LogP contribution >= 0.6 is 0 Å². The van der Waals surface area contributed by atoms with Crippen molar-refractivity contribution in [3.05, 3.63) is 29.3 Å². The summed E-state index contributed by atoms with van der Waals surface area (Å²) in [6.45, 7) is 2.55. The van der Waals surface area contributed by atoms with E-state index in [1.807, 2.05) is 13.0 Å². The minimum atomic E-state index is -3.49. The first kappa shape index (κ1) is 17.3. The van der Waals surface area contributed by atoms with Crippen LogP contribution in [0.2, 0.25) is 0 Å². The van der Waals surface area contributed by atoms with Crippen molar-refractivity contribution in [3.63, 3.8) is 0 Å². The van der Waals surface area contributed by atoms with Gasteiger partial charge in [-0.05, 0) is 49.4 Å². The third-order valence-corrected chi connectivity index (χ3v) is 3.27. The van der Waals surface area contributed by atoms with Gasteiger partial charge in [0, 0.05) is 6.54 Å². The highest BCUT2D eigenvalue weighted by Gasteiger charge is 2.06. The molecule has 0 bridgehead atoms. The predicted octanol–water partition coefficient (Wildman–Crippen LogP) is 1.32. The van der Waals surface area contributed by atoms with Crippen LogP contribution in [0.5, 0.6) is 5.75 Å². The number of unbranched alkanes of at least 4 members (excludes halogenated alkanes) is 2. The predicted molar refractivity (Wildman–Crippen MR) is 84.9 cm³/mol. The average Bonchev–Trinajstić information content (AvgIpc) is 2.30. The lowest BCUT2D eigenvalue weighted by atomic mass is 10.0. The monoisotopic (exact) mass is 313 g/mol. The molecule has 0 heterocycles. The molecular formula is C14H23N3O3S. The van der Waals surface area contributed by atoms with Gasteiger partial charge in [-0.25, -0.2) is 0 Å². The SMILES string of the molecule is Cc1cc(CCCCCN=C(N)N)cc(OS(C)(=O)=O)c1. The van der Waals surface area contributed by atoms with Crippen molar-refractivity contribution >= 4 is 16.1 Å². The van der Waals surface area contributed by atoms with E-state index in [1.54, 1.807) is 12.1 Å². The molecule has 0 atom stereocenters. The summed E-state index contributed by atoms with van der Waals surface area (Å²) in [5, 5.41) is 0. The fraction of sp³-hybridized carbons (Fsp3) is 0.500. The molecule has 0 aromatic heterocycles. The van der Waals surface area contributed by atoms with E-state index in [4.69, 9.17) is 15.7 Å². The molecule has 0 saturated carbocycles. The van der Waals surface area contributed by atoms with E-state index < -0.39 is 10.1 Å². The normalized spacial score (nSPS) is 11.1. The number of aryl methyl sites for hydroxylation is 2. The van der Waals surface area contributed by atoms with Gasteiger partial charge < -0.3 is 15.7 Å². The van der Waals surface area contributed by atoms with Crippen LogP contribution in [0, 0.1) is 6.92 Å². The minimum Gasteiger partial charge on any atom is -0.383 e. The maximum Gasteiger partial charge on any atom is 0.306 e. The van der Waals surface area contributed by atoms with Gasteiger partial charge in [0.15, 0.2) is 5.96 Å². The number of rotatable bonds is 8. The topological polar surface area (TPSA) is 108 Å². The Morgan fingerprint density at radius 1 is 1.19 bits per heavy atom. The highest BCUT2D eigenvalue weighted by molar-refractivity contribution is 7.86. The first-order chi connectivity index (χ1) is 9.76. The van der Waals surface area contributed by atoms with Gasteiger partial charge in [0.25, 0.3) is 0 Å². The fourth-order valence-corrected chi connectivity index (χ4v) is 2.46. The summed E-state index contributed by atoms with van der Waals surface area (Å²) in [5.41, 5.74) is 12.5. The van der Waals surface area contributed by atoms with Crippen molar-refractivity contribution < 1.29 is 12.6 Å². The Bertz CT molecular complexity index is 593. The van der Waals surface area contributed by atoms with E-state index in [2.05, 4.69) is 4.99 Å². The zero-order valence-electron chi connectivity index (χ0n) is 12.5. The summed E-state index contributed by atoms with van der Waals surface area (Å²) in [5.74, 6) is 0.490. The Morgan fingerprint density at radius 3 is 2.52 bits per heavy atom. The van der Waals surface area contributed by atoms with Crippen molar-refractivity contribution in [2.45, 2.75) is 32.6 Å². The molecule has 6 nitrogen and oxygen atoms in total. The summed E-state index contributed by atoms with van der Waals surface area (Å²) in [6.07, 6.45) is 4.83. The molecular weight excluding hydrogens is 290 g/mol. The molecule has 0 aliphatic heterocycles. The van der Waals surface area contributed by atoms with Crippen LogP contribution in [0.4, 0.5) is 0 Å². The second-order valence-electron chi connectivity index (χ2n) is 5.06. The van der Waals surface area contributed by atoms with Gasteiger partial charge in [-0.1, -0.05) is 12.5 Å². The number of aliphatic imine (C=N–C) groups is 1. The molecule has 21 heavy (non-hydrogen) atoms. The fourth-order valence-electron chi connectivity index (χ4n) is 2.02. The van der Waals surface area contributed by atoms with E-state index in [0.29, 0.717) is 12.3 Å². The van der Waals surface area contributed by atoms with Crippen molar-refractivity contribution in [3.8, 4) is 5.75 Å². The van der Waals surface area contributed by atoms with Gasteiger partial charge in [-0.15, -0.1) is 0 Å². The molecule has 0 aliphatic carbocycles. The number of hydrogen-bond acceptors (Lipinski definition) is 4. The summed E-state index contributed by atoms with van der Waals surface area (Å²) in [4.78, 5) is 3.92. The van der Waals surface area contributed by atoms with E-state index in [9.17, 15) is 8.42 Å². The van der Waals surface area contributed by atoms with Gasteiger partial charge in [0.2, 0.25) is 0 Å². The zero-order valence-corrected chi connectivity index (χ0v) is 13.3. The molecule has 1 aromatic carbocycles. The standard InChI is InChI=1S/C14H23N3O3S/c1-11-8-12(6-4-3-5-7-17-14(15)16)10-13(9-11)20-21(2,18)19/h8-10H,3-7H2,1-2H3,(H4,15,16,17). The lowest BCUT2D eigenvalue weighted by Crippen LogP contribution is -2.22. The van der Waals surface area contributed by atoms with Crippen LogP contribution in [0.15, 0.2) is 23.2 Å². The Labute approximate surface area is 126 Å². The average molecular weight is 313 g/mol. The molecule has 0 radical (unpaired) electrons. The van der Waals surface area contributed by atoms with Crippen LogP contribution in [0.1, 0.15) is 30.4 Å². The summed E-state index contributed by atoms with van der Waals surface area (Å²) in [6, 6.07) is 5.51. The number of guanidine groups is 1. The molecule has 0 amide bonds. The Kier molecular flexibility index (Phi) is 6.48. The lowest BCUT2D eigenvalue weighted by Gasteiger charge is -2.08. The molecule has 4 N–H and O–H groups in total. The van der Waals surface area contributed by atoms with Crippen molar-refractivity contribution in [1.29, 1.82) is 0 Å². The minimum absolute atomic E-state index is 0.122. The maximum absolute atomic E-state index is 11.2. The molecule has 1 rings (SSSR count). The highest BCUT2D eigenvalue weighted by atomic mass is 32.2. The van der Waals surface area contributed by atoms with Gasteiger partial charge in [0.1, 0.15) is 5.75 Å². The second kappa shape index (κ2) is 7.87. The van der Waals surface area contributed by atoms with Gasteiger partial charge in [-0.3, -0.25) is 4.99 Å². The largest absolute Gasteiger partial charge is 0.383 e. The maximum atomic E-state index is 11.2. The molecule has 0 fully saturated rings. The molecule has 0 aliphatic rings. The van der Waals surface area contributed by atoms with E-state index in [1.165, 1.54) is 0 Å². The number of nitrogens with zero attached hydrogens (tertiary/aromatic N) is 1. The molecule has 118 valence electrons. The molecule has 0 spiro atoms. The first-order valence-corrected chi connectivity index (χ1v) is 8.63. The molecule has 0 saturated heterocycles.